The zero-order valence-electron chi connectivity index (χ0n) is 19.2. The Balaban J connectivity index is 1.47. The molecule has 0 aliphatic carbocycles. The summed E-state index contributed by atoms with van der Waals surface area (Å²) in [5.74, 6) is -1.68. The molecule has 0 unspecified atom stereocenters. The Bertz CT molecular complexity index is 1420. The van der Waals surface area contributed by atoms with Crippen LogP contribution in [-0.2, 0) is 26.0 Å². The number of Topliss-reactive ketones (excluding diaryl/α,β-unsaturated/α-hetero) is 1. The molecule has 0 fully saturated rings. The molecule has 0 radical (unpaired) electrons. The number of nitrogens with one attached hydrogen (secondary N) is 1. The summed E-state index contributed by atoms with van der Waals surface area (Å²) in [4.78, 5) is 36.5. The molecule has 1 aliphatic heterocycles. The SMILES string of the molecule is CC(=O)c1ccccc1NC(=O)COC(=O)c1cccc(S(=O)(=O)N2c3ccccc3C[C@H]2C)c1. The number of sulfonamides is 1. The molecule has 0 saturated carbocycles. The maximum absolute atomic E-state index is 13.4. The zero-order chi connectivity index (χ0) is 25.2. The van der Waals surface area contributed by atoms with Gasteiger partial charge < -0.3 is 10.1 Å². The average Bonchev–Trinajstić information content (AvgIpc) is 3.19. The standard InChI is InChI=1S/C26H24N2O6S/c1-17-14-19-8-3-6-13-24(19)28(17)35(32,33)21-10-7-9-20(15-21)26(31)34-16-25(30)27-23-12-5-4-11-22(23)18(2)29/h3-13,15,17H,14,16H2,1-2H3,(H,27,30)/t17-/m1/s1. The molecule has 0 spiro atoms. The van der Waals surface area contributed by atoms with Gasteiger partial charge in [0.05, 0.1) is 21.8 Å². The van der Waals surface area contributed by atoms with Crippen LogP contribution in [0.5, 0.6) is 0 Å². The highest BCUT2D eigenvalue weighted by molar-refractivity contribution is 7.92. The normalized spacial score (nSPS) is 14.8. The molecule has 0 aromatic heterocycles. The number of ketones is 1. The number of rotatable bonds is 7. The maximum Gasteiger partial charge on any atom is 0.338 e. The zero-order valence-corrected chi connectivity index (χ0v) is 20.0. The van der Waals surface area contributed by atoms with Crippen molar-refractivity contribution in [3.8, 4) is 0 Å². The van der Waals surface area contributed by atoms with Gasteiger partial charge in [-0.3, -0.25) is 13.9 Å². The Morgan fingerprint density at radius 3 is 2.49 bits per heavy atom. The van der Waals surface area contributed by atoms with E-state index in [0.29, 0.717) is 23.4 Å². The van der Waals surface area contributed by atoms with Crippen LogP contribution >= 0.6 is 0 Å². The number of nitrogens with zero attached hydrogens (tertiary/aromatic N) is 1. The number of hydrogen-bond acceptors (Lipinski definition) is 6. The van der Waals surface area contributed by atoms with Gasteiger partial charge in [0, 0.05) is 11.6 Å². The van der Waals surface area contributed by atoms with E-state index in [9.17, 15) is 22.8 Å². The molecule has 180 valence electrons. The molecular weight excluding hydrogens is 468 g/mol. The first-order valence-corrected chi connectivity index (χ1v) is 12.4. The largest absolute Gasteiger partial charge is 0.452 e. The van der Waals surface area contributed by atoms with Crippen molar-refractivity contribution in [3.63, 3.8) is 0 Å². The smallest absolute Gasteiger partial charge is 0.338 e. The fourth-order valence-electron chi connectivity index (χ4n) is 4.10. The summed E-state index contributed by atoms with van der Waals surface area (Å²) in [6.07, 6.45) is 0.596. The van der Waals surface area contributed by atoms with Crippen LogP contribution in [0.3, 0.4) is 0 Å². The highest BCUT2D eigenvalue weighted by Gasteiger charge is 2.36. The molecule has 35 heavy (non-hydrogen) atoms. The van der Waals surface area contributed by atoms with E-state index < -0.39 is 28.5 Å². The first kappa shape index (κ1) is 24.2. The second-order valence-electron chi connectivity index (χ2n) is 8.24. The van der Waals surface area contributed by atoms with Crippen molar-refractivity contribution in [1.82, 2.24) is 0 Å². The third kappa shape index (κ3) is 4.95. The van der Waals surface area contributed by atoms with Crippen molar-refractivity contribution in [2.45, 2.75) is 31.2 Å². The van der Waals surface area contributed by atoms with Crippen molar-refractivity contribution in [2.24, 2.45) is 0 Å². The predicted molar refractivity (Wildman–Crippen MR) is 131 cm³/mol. The van der Waals surface area contributed by atoms with Crippen molar-refractivity contribution in [3.05, 3.63) is 89.5 Å². The highest BCUT2D eigenvalue weighted by Crippen LogP contribution is 2.36. The van der Waals surface area contributed by atoms with Gasteiger partial charge in [-0.15, -0.1) is 0 Å². The number of fused-ring (bicyclic) bond motifs is 1. The number of benzene rings is 3. The van der Waals surface area contributed by atoms with Crippen LogP contribution in [0.15, 0.2) is 77.7 Å². The maximum atomic E-state index is 13.4. The minimum Gasteiger partial charge on any atom is -0.452 e. The molecular formula is C26H24N2O6S. The van der Waals surface area contributed by atoms with E-state index >= 15 is 0 Å². The predicted octanol–water partition coefficient (Wildman–Crippen LogP) is 3.82. The van der Waals surface area contributed by atoms with E-state index in [-0.39, 0.29) is 22.3 Å². The first-order valence-electron chi connectivity index (χ1n) is 11.0. The molecule has 3 aromatic carbocycles. The van der Waals surface area contributed by atoms with Crippen molar-refractivity contribution < 1.29 is 27.5 Å². The monoisotopic (exact) mass is 492 g/mol. The minimum atomic E-state index is -3.93. The first-order chi connectivity index (χ1) is 16.7. The second kappa shape index (κ2) is 9.71. The molecule has 8 nitrogen and oxygen atoms in total. The number of esters is 1. The van der Waals surface area contributed by atoms with E-state index in [1.165, 1.54) is 35.5 Å². The summed E-state index contributed by atoms with van der Waals surface area (Å²) in [6.45, 7) is 2.62. The Morgan fingerprint density at radius 1 is 1.00 bits per heavy atom. The molecule has 9 heteroatoms. The Kier molecular flexibility index (Phi) is 6.70. The summed E-state index contributed by atoms with van der Waals surface area (Å²) in [5.41, 5.74) is 2.21. The topological polar surface area (TPSA) is 110 Å². The fourth-order valence-corrected chi connectivity index (χ4v) is 5.84. The van der Waals surface area contributed by atoms with Crippen LogP contribution in [0.4, 0.5) is 11.4 Å². The van der Waals surface area contributed by atoms with Crippen LogP contribution in [0.2, 0.25) is 0 Å². The van der Waals surface area contributed by atoms with Gasteiger partial charge in [0.2, 0.25) is 0 Å². The summed E-state index contributed by atoms with van der Waals surface area (Å²) < 4.78 is 33.3. The van der Waals surface area contributed by atoms with Gasteiger partial charge in [-0.2, -0.15) is 0 Å². The quantitative estimate of drug-likeness (QED) is 0.397. The summed E-state index contributed by atoms with van der Waals surface area (Å²) in [6, 6.07) is 19.1. The molecule has 1 aliphatic rings. The lowest BCUT2D eigenvalue weighted by atomic mass is 10.1. The molecule has 3 aromatic rings. The molecule has 1 atom stereocenters. The van der Waals surface area contributed by atoms with Crippen molar-refractivity contribution in [1.29, 1.82) is 0 Å². The van der Waals surface area contributed by atoms with Gasteiger partial charge in [0.15, 0.2) is 12.4 Å². The third-order valence-corrected chi connectivity index (χ3v) is 7.61. The van der Waals surface area contributed by atoms with Crippen LogP contribution in [0.25, 0.3) is 0 Å². The van der Waals surface area contributed by atoms with Crippen LogP contribution in [-0.4, -0.2) is 38.7 Å². The van der Waals surface area contributed by atoms with Gasteiger partial charge in [0.1, 0.15) is 0 Å². The third-order valence-electron chi connectivity index (χ3n) is 5.69. The summed E-state index contributed by atoms with van der Waals surface area (Å²) in [7, 11) is -3.93. The minimum absolute atomic E-state index is 0.00291. The van der Waals surface area contributed by atoms with Crippen LogP contribution in [0.1, 0.15) is 40.1 Å². The number of carbonyl (C=O) groups is 3. The number of anilines is 2. The van der Waals surface area contributed by atoms with Gasteiger partial charge in [0.25, 0.3) is 15.9 Å². The van der Waals surface area contributed by atoms with Gasteiger partial charge in [-0.05, 0) is 62.2 Å². The van der Waals surface area contributed by atoms with E-state index in [2.05, 4.69) is 5.32 Å². The van der Waals surface area contributed by atoms with E-state index in [4.69, 9.17) is 4.74 Å². The fraction of sp³-hybridized carbons (Fsp3) is 0.192. The number of carbonyl (C=O) groups excluding carboxylic acids is 3. The Hall–Kier alpha value is -3.98. The highest BCUT2D eigenvalue weighted by atomic mass is 32.2. The van der Waals surface area contributed by atoms with Gasteiger partial charge in [-0.25, -0.2) is 13.2 Å². The lowest BCUT2D eigenvalue weighted by molar-refractivity contribution is -0.119. The number of ether oxygens (including phenoxy) is 1. The Labute approximate surface area is 203 Å². The number of hydrogen-bond donors (Lipinski definition) is 1. The van der Waals surface area contributed by atoms with Gasteiger partial charge in [-0.1, -0.05) is 36.4 Å². The molecule has 0 bridgehead atoms. The van der Waals surface area contributed by atoms with Crippen molar-refractivity contribution >= 4 is 39.1 Å². The molecule has 1 amide bonds. The summed E-state index contributed by atoms with van der Waals surface area (Å²) >= 11 is 0. The Morgan fingerprint density at radius 2 is 1.71 bits per heavy atom. The van der Waals surface area contributed by atoms with Crippen LogP contribution in [0, 0.1) is 0 Å². The van der Waals surface area contributed by atoms with E-state index in [1.54, 1.807) is 36.4 Å². The lowest BCUT2D eigenvalue weighted by Crippen LogP contribution is -2.35. The molecule has 0 saturated heterocycles. The van der Waals surface area contributed by atoms with E-state index in [1.807, 2.05) is 19.1 Å². The number of amides is 1. The molecule has 1 N–H and O–H groups in total. The van der Waals surface area contributed by atoms with E-state index in [0.717, 1.165) is 5.56 Å². The second-order valence-corrected chi connectivity index (χ2v) is 10.1. The number of para-hydroxylation sites is 2. The average molecular weight is 493 g/mol. The molecule has 4 rings (SSSR count). The van der Waals surface area contributed by atoms with Crippen LogP contribution < -0.4 is 9.62 Å². The van der Waals surface area contributed by atoms with Gasteiger partial charge >= 0.3 is 5.97 Å². The molecule has 1 heterocycles. The lowest BCUT2D eigenvalue weighted by Gasteiger charge is -2.24. The summed E-state index contributed by atoms with van der Waals surface area (Å²) in [5, 5.41) is 2.55. The van der Waals surface area contributed by atoms with Crippen molar-refractivity contribution in [2.75, 3.05) is 16.2 Å².